The Morgan fingerprint density at radius 3 is 2.82 bits per heavy atom. The molecule has 94 valence electrons. The molecule has 1 aromatic rings. The molecule has 2 N–H and O–H groups in total. The van der Waals surface area contributed by atoms with Gasteiger partial charge in [-0.15, -0.1) is 0 Å². The van der Waals surface area contributed by atoms with Gasteiger partial charge in [-0.05, 0) is 18.8 Å². The monoisotopic (exact) mass is 237 g/mol. The third kappa shape index (κ3) is 2.85. The van der Waals surface area contributed by atoms with E-state index in [0.717, 1.165) is 31.8 Å². The molecule has 2 rings (SSSR count). The summed E-state index contributed by atoms with van der Waals surface area (Å²) in [5.41, 5.74) is 0.407. The third-order valence-electron chi connectivity index (χ3n) is 3.32. The Bertz CT molecular complexity index is 422. The van der Waals surface area contributed by atoms with Gasteiger partial charge >= 0.3 is 0 Å². The number of hydrogen-bond acceptors (Lipinski definition) is 4. The summed E-state index contributed by atoms with van der Waals surface area (Å²) in [6.45, 7) is 4.12. The minimum atomic E-state index is -0.136. The molecule has 2 heterocycles. The van der Waals surface area contributed by atoms with E-state index in [1.54, 1.807) is 6.20 Å². The number of H-pyrrole nitrogens is 1. The predicted octanol–water partition coefficient (Wildman–Crippen LogP) is 0.541. The second kappa shape index (κ2) is 5.31. The van der Waals surface area contributed by atoms with E-state index < -0.39 is 0 Å². The van der Waals surface area contributed by atoms with E-state index in [0.29, 0.717) is 17.9 Å². The molecule has 1 fully saturated rings. The molecule has 1 saturated heterocycles. The maximum Gasteiger partial charge on any atom is 0.255 e. The molecular weight excluding hydrogens is 218 g/mol. The van der Waals surface area contributed by atoms with Crippen LogP contribution in [0.2, 0.25) is 0 Å². The zero-order chi connectivity index (χ0) is 12.3. The third-order valence-corrected chi connectivity index (χ3v) is 3.32. The average molecular weight is 237 g/mol. The number of nitrogens with zero attached hydrogens (tertiary/aromatic N) is 2. The Hall–Kier alpha value is -1.36. The van der Waals surface area contributed by atoms with Crippen LogP contribution in [0.3, 0.4) is 0 Å². The molecule has 5 heteroatoms. The molecule has 0 amide bonds. The summed E-state index contributed by atoms with van der Waals surface area (Å²) in [5, 5.41) is 8.80. The highest BCUT2D eigenvalue weighted by atomic mass is 16.3. The van der Waals surface area contributed by atoms with Gasteiger partial charge in [0.05, 0.1) is 0 Å². The van der Waals surface area contributed by atoms with Crippen LogP contribution in [-0.4, -0.2) is 34.8 Å². The quantitative estimate of drug-likeness (QED) is 0.805. The first-order valence-corrected chi connectivity index (χ1v) is 6.14. The molecule has 0 radical (unpaired) electrons. The number of piperidine rings is 1. The molecule has 0 atom stereocenters. The van der Waals surface area contributed by atoms with E-state index in [-0.39, 0.29) is 12.2 Å². The van der Waals surface area contributed by atoms with Gasteiger partial charge in [0.25, 0.3) is 5.56 Å². The Morgan fingerprint density at radius 2 is 2.24 bits per heavy atom. The zero-order valence-corrected chi connectivity index (χ0v) is 10.1. The van der Waals surface area contributed by atoms with E-state index in [9.17, 15) is 4.79 Å². The van der Waals surface area contributed by atoms with Gasteiger partial charge < -0.3 is 10.0 Å². The second-order valence-corrected chi connectivity index (χ2v) is 4.70. The van der Waals surface area contributed by atoms with Crippen molar-refractivity contribution in [3.63, 3.8) is 0 Å². The smallest absolute Gasteiger partial charge is 0.255 e. The summed E-state index contributed by atoms with van der Waals surface area (Å²) < 4.78 is 0. The van der Waals surface area contributed by atoms with Crippen molar-refractivity contribution in [1.29, 1.82) is 0 Å². The predicted molar refractivity (Wildman–Crippen MR) is 66.3 cm³/mol. The normalized spacial score (nSPS) is 17.4. The van der Waals surface area contributed by atoms with Crippen LogP contribution in [0.15, 0.2) is 11.0 Å². The summed E-state index contributed by atoms with van der Waals surface area (Å²) in [6, 6.07) is 0. The summed E-state index contributed by atoms with van der Waals surface area (Å²) in [5.74, 6) is 1.41. The SMILES string of the molecule is CC1CCN(c2ncc(CCO)c(=O)[nH]2)CC1. The van der Waals surface area contributed by atoms with Crippen molar-refractivity contribution in [2.45, 2.75) is 26.2 Å². The van der Waals surface area contributed by atoms with E-state index >= 15 is 0 Å². The van der Waals surface area contributed by atoms with Crippen molar-refractivity contribution in [2.75, 3.05) is 24.6 Å². The molecule has 17 heavy (non-hydrogen) atoms. The number of hydrogen-bond donors (Lipinski definition) is 2. The van der Waals surface area contributed by atoms with Gasteiger partial charge in [-0.1, -0.05) is 6.92 Å². The molecule has 1 aliphatic rings. The lowest BCUT2D eigenvalue weighted by molar-refractivity contribution is 0.299. The lowest BCUT2D eigenvalue weighted by Gasteiger charge is -2.30. The highest BCUT2D eigenvalue weighted by Gasteiger charge is 2.17. The number of nitrogens with one attached hydrogen (secondary N) is 1. The van der Waals surface area contributed by atoms with Crippen LogP contribution in [0.5, 0.6) is 0 Å². The molecule has 0 aromatic carbocycles. The highest BCUT2D eigenvalue weighted by molar-refractivity contribution is 5.30. The minimum Gasteiger partial charge on any atom is -0.396 e. The standard InChI is InChI=1S/C12H19N3O2/c1-9-2-5-15(6-3-9)12-13-8-10(4-7-16)11(17)14-12/h8-9,16H,2-7H2,1H3,(H,13,14,17). The number of anilines is 1. The first-order chi connectivity index (χ1) is 8.20. The van der Waals surface area contributed by atoms with E-state index in [1.165, 1.54) is 0 Å². The lowest BCUT2D eigenvalue weighted by atomic mass is 10.00. The maximum atomic E-state index is 11.7. The first kappa shape index (κ1) is 12.1. The van der Waals surface area contributed by atoms with Crippen LogP contribution in [-0.2, 0) is 6.42 Å². The van der Waals surface area contributed by atoms with Gasteiger partial charge in [0, 0.05) is 37.9 Å². The summed E-state index contributed by atoms with van der Waals surface area (Å²) in [4.78, 5) is 20.9. The van der Waals surface area contributed by atoms with Crippen molar-refractivity contribution < 1.29 is 5.11 Å². The number of aromatic nitrogens is 2. The van der Waals surface area contributed by atoms with E-state index in [4.69, 9.17) is 5.11 Å². The first-order valence-electron chi connectivity index (χ1n) is 6.14. The van der Waals surface area contributed by atoms with Crippen LogP contribution >= 0.6 is 0 Å². The molecule has 0 bridgehead atoms. The summed E-state index contributed by atoms with van der Waals surface area (Å²) in [7, 11) is 0. The van der Waals surface area contributed by atoms with Crippen molar-refractivity contribution >= 4 is 5.95 Å². The molecule has 1 aliphatic heterocycles. The molecule has 5 nitrogen and oxygen atoms in total. The van der Waals surface area contributed by atoms with Crippen molar-refractivity contribution in [2.24, 2.45) is 5.92 Å². The fourth-order valence-electron chi connectivity index (χ4n) is 2.09. The van der Waals surface area contributed by atoms with Crippen molar-refractivity contribution in [3.8, 4) is 0 Å². The van der Waals surface area contributed by atoms with Gasteiger partial charge in [-0.2, -0.15) is 0 Å². The van der Waals surface area contributed by atoms with Gasteiger partial charge in [0.2, 0.25) is 5.95 Å². The number of aliphatic hydroxyl groups excluding tert-OH is 1. The number of rotatable bonds is 3. The minimum absolute atomic E-state index is 0.0225. The maximum absolute atomic E-state index is 11.7. The molecule has 0 unspecified atom stereocenters. The lowest BCUT2D eigenvalue weighted by Crippen LogP contribution is -2.35. The summed E-state index contributed by atoms with van der Waals surface area (Å²) >= 11 is 0. The summed E-state index contributed by atoms with van der Waals surface area (Å²) in [6.07, 6.45) is 4.21. The Morgan fingerprint density at radius 1 is 1.53 bits per heavy atom. The van der Waals surface area contributed by atoms with Crippen LogP contribution < -0.4 is 10.5 Å². The molecule has 0 saturated carbocycles. The Kier molecular flexibility index (Phi) is 3.78. The van der Waals surface area contributed by atoms with Crippen molar-refractivity contribution in [1.82, 2.24) is 9.97 Å². The van der Waals surface area contributed by atoms with Gasteiger partial charge in [0.1, 0.15) is 0 Å². The van der Waals surface area contributed by atoms with E-state index in [2.05, 4.69) is 21.8 Å². The van der Waals surface area contributed by atoms with Gasteiger partial charge in [-0.3, -0.25) is 9.78 Å². The van der Waals surface area contributed by atoms with Crippen LogP contribution in [0.1, 0.15) is 25.3 Å². The van der Waals surface area contributed by atoms with E-state index in [1.807, 2.05) is 0 Å². The Labute approximate surface area is 100 Å². The highest BCUT2D eigenvalue weighted by Crippen LogP contribution is 2.18. The fraction of sp³-hybridized carbons (Fsp3) is 0.667. The average Bonchev–Trinajstić information content (AvgIpc) is 2.33. The number of aromatic amines is 1. The van der Waals surface area contributed by atoms with Crippen molar-refractivity contribution in [3.05, 3.63) is 22.1 Å². The Balaban J connectivity index is 2.12. The fourth-order valence-corrected chi connectivity index (χ4v) is 2.09. The molecular formula is C12H19N3O2. The second-order valence-electron chi connectivity index (χ2n) is 4.70. The molecule has 1 aromatic heterocycles. The molecule has 0 spiro atoms. The zero-order valence-electron chi connectivity index (χ0n) is 10.1. The molecule has 0 aliphatic carbocycles. The largest absolute Gasteiger partial charge is 0.396 e. The van der Waals surface area contributed by atoms with Crippen LogP contribution in [0.25, 0.3) is 0 Å². The topological polar surface area (TPSA) is 69.2 Å². The van der Waals surface area contributed by atoms with Gasteiger partial charge in [0.15, 0.2) is 0 Å². The van der Waals surface area contributed by atoms with Crippen LogP contribution in [0, 0.1) is 5.92 Å². The van der Waals surface area contributed by atoms with Gasteiger partial charge in [-0.25, -0.2) is 4.98 Å². The number of aliphatic hydroxyl groups is 1. The van der Waals surface area contributed by atoms with Crippen LogP contribution in [0.4, 0.5) is 5.95 Å².